The summed E-state index contributed by atoms with van der Waals surface area (Å²) in [4.78, 5) is 4.52. The third kappa shape index (κ3) is 3.74. The fraction of sp³-hybridized carbons (Fsp3) is 0.438. The van der Waals surface area contributed by atoms with Gasteiger partial charge in [-0.3, -0.25) is 4.98 Å². The van der Waals surface area contributed by atoms with Gasteiger partial charge in [-0.2, -0.15) is 0 Å². The Morgan fingerprint density at radius 3 is 2.80 bits per heavy atom. The van der Waals surface area contributed by atoms with Crippen molar-refractivity contribution in [3.8, 4) is 0 Å². The Morgan fingerprint density at radius 1 is 1.25 bits per heavy atom. The summed E-state index contributed by atoms with van der Waals surface area (Å²) in [6.07, 6.45) is 1.30. The Balaban J connectivity index is 2.19. The highest BCUT2D eigenvalue weighted by Crippen LogP contribution is 2.24. The van der Waals surface area contributed by atoms with Gasteiger partial charge in [0.25, 0.3) is 0 Å². The molecule has 1 aromatic carbocycles. The summed E-state index contributed by atoms with van der Waals surface area (Å²) in [5, 5.41) is 1.06. The molecule has 108 valence electrons. The number of hydrogen-bond acceptors (Lipinski definition) is 3. The summed E-state index contributed by atoms with van der Waals surface area (Å²) in [5.74, 6) is 0. The number of para-hydroxylation sites is 1. The first-order chi connectivity index (χ1) is 9.67. The highest BCUT2D eigenvalue weighted by molar-refractivity contribution is 5.78. The summed E-state index contributed by atoms with van der Waals surface area (Å²) < 4.78 is 19.9. The predicted molar refractivity (Wildman–Crippen MR) is 79.5 cm³/mol. The van der Waals surface area contributed by atoms with Crippen LogP contribution in [0.4, 0.5) is 4.39 Å². The number of nitrogens with zero attached hydrogens (tertiary/aromatic N) is 1. The van der Waals surface area contributed by atoms with E-state index in [0.717, 1.165) is 16.6 Å². The molecule has 0 amide bonds. The smallest absolute Gasteiger partial charge is 0.139 e. The van der Waals surface area contributed by atoms with Crippen molar-refractivity contribution in [3.63, 3.8) is 0 Å². The molecule has 1 heterocycles. The van der Waals surface area contributed by atoms with Gasteiger partial charge < -0.3 is 10.5 Å². The van der Waals surface area contributed by atoms with Crippen molar-refractivity contribution in [3.05, 3.63) is 42.1 Å². The van der Waals surface area contributed by atoms with Gasteiger partial charge in [-0.05, 0) is 31.5 Å². The molecule has 0 bridgehead atoms. The van der Waals surface area contributed by atoms with Gasteiger partial charge in [0.1, 0.15) is 5.67 Å². The summed E-state index contributed by atoms with van der Waals surface area (Å²) in [5.41, 5.74) is 5.72. The second-order valence-corrected chi connectivity index (χ2v) is 5.15. The molecule has 2 aromatic rings. The molecule has 4 heteroatoms. The molecule has 2 N–H and O–H groups in total. The number of nitrogens with two attached hydrogens (primary N) is 1. The molecule has 0 radical (unpaired) electrons. The van der Waals surface area contributed by atoms with E-state index < -0.39 is 5.67 Å². The molecule has 0 fully saturated rings. The third-order valence-electron chi connectivity index (χ3n) is 3.39. The van der Waals surface area contributed by atoms with E-state index in [4.69, 9.17) is 10.5 Å². The largest absolute Gasteiger partial charge is 0.381 e. The molecule has 1 atom stereocenters. The summed E-state index contributed by atoms with van der Waals surface area (Å²) in [7, 11) is 1.52. The molecule has 0 saturated carbocycles. The maximum atomic E-state index is 14.8. The molecule has 1 unspecified atom stereocenters. The molecule has 1 aromatic heterocycles. The molecule has 0 aliphatic carbocycles. The first kappa shape index (κ1) is 14.9. The Bertz CT molecular complexity index is 561. The lowest BCUT2D eigenvalue weighted by Gasteiger charge is -2.24. The van der Waals surface area contributed by atoms with Crippen LogP contribution in [0.2, 0.25) is 0 Å². The van der Waals surface area contributed by atoms with E-state index in [1.54, 1.807) is 0 Å². The van der Waals surface area contributed by atoms with Crippen LogP contribution in [-0.4, -0.2) is 30.9 Å². The number of fused-ring (bicyclic) bond motifs is 1. The minimum absolute atomic E-state index is 0.0709. The number of ether oxygens (including phenoxy) is 1. The molecule has 0 aliphatic rings. The van der Waals surface area contributed by atoms with E-state index in [1.807, 2.05) is 36.4 Å². The van der Waals surface area contributed by atoms with Crippen LogP contribution in [0.5, 0.6) is 0 Å². The van der Waals surface area contributed by atoms with Crippen molar-refractivity contribution >= 4 is 10.9 Å². The second-order valence-electron chi connectivity index (χ2n) is 5.15. The standard InChI is InChI=1S/C16H21FN2O/c1-20-12-16(17,9-4-10-18)11-14-8-7-13-5-2-3-6-15(13)19-14/h2-3,5-8H,4,9-12,18H2,1H3. The van der Waals surface area contributed by atoms with E-state index in [9.17, 15) is 4.39 Å². The Morgan fingerprint density at radius 2 is 2.05 bits per heavy atom. The van der Waals surface area contributed by atoms with Crippen LogP contribution in [0.15, 0.2) is 36.4 Å². The number of methoxy groups -OCH3 is 1. The number of hydrogen-bond donors (Lipinski definition) is 1. The average Bonchev–Trinajstić information content (AvgIpc) is 2.45. The van der Waals surface area contributed by atoms with Gasteiger partial charge in [0.15, 0.2) is 0 Å². The fourth-order valence-electron chi connectivity index (χ4n) is 2.42. The van der Waals surface area contributed by atoms with Gasteiger partial charge in [0.05, 0.1) is 12.1 Å². The summed E-state index contributed by atoms with van der Waals surface area (Å²) >= 11 is 0. The quantitative estimate of drug-likeness (QED) is 0.846. The molecule has 0 saturated heterocycles. The molecular weight excluding hydrogens is 255 g/mol. The van der Waals surface area contributed by atoms with Crippen LogP contribution in [-0.2, 0) is 11.2 Å². The van der Waals surface area contributed by atoms with E-state index in [0.29, 0.717) is 19.4 Å². The normalized spacial score (nSPS) is 14.3. The van der Waals surface area contributed by atoms with Crippen molar-refractivity contribution in [1.82, 2.24) is 4.98 Å². The monoisotopic (exact) mass is 276 g/mol. The SMILES string of the molecule is COCC(F)(CCCN)Cc1ccc2ccccc2n1. The molecular formula is C16H21FN2O. The number of benzene rings is 1. The van der Waals surface area contributed by atoms with Crippen molar-refractivity contribution in [2.45, 2.75) is 24.9 Å². The van der Waals surface area contributed by atoms with E-state index in [2.05, 4.69) is 4.98 Å². The van der Waals surface area contributed by atoms with Gasteiger partial charge >= 0.3 is 0 Å². The van der Waals surface area contributed by atoms with Crippen LogP contribution < -0.4 is 5.73 Å². The van der Waals surface area contributed by atoms with E-state index in [-0.39, 0.29) is 13.0 Å². The Kier molecular flexibility index (Phi) is 5.04. The average molecular weight is 276 g/mol. The van der Waals surface area contributed by atoms with Gasteiger partial charge in [0, 0.05) is 24.6 Å². The van der Waals surface area contributed by atoms with Crippen LogP contribution >= 0.6 is 0 Å². The lowest BCUT2D eigenvalue weighted by Crippen LogP contribution is -2.32. The third-order valence-corrected chi connectivity index (χ3v) is 3.39. The van der Waals surface area contributed by atoms with Crippen LogP contribution in [0.3, 0.4) is 0 Å². The predicted octanol–water partition coefficient (Wildman–Crippen LogP) is 2.87. The first-order valence-electron chi connectivity index (χ1n) is 6.89. The molecule has 20 heavy (non-hydrogen) atoms. The molecule has 2 rings (SSSR count). The van der Waals surface area contributed by atoms with Gasteiger partial charge in [0.2, 0.25) is 0 Å². The lowest BCUT2D eigenvalue weighted by atomic mass is 9.94. The van der Waals surface area contributed by atoms with E-state index >= 15 is 0 Å². The highest BCUT2D eigenvalue weighted by atomic mass is 19.1. The van der Waals surface area contributed by atoms with Gasteiger partial charge in [-0.25, -0.2) is 4.39 Å². The minimum atomic E-state index is -1.40. The molecule has 0 aliphatic heterocycles. The number of alkyl halides is 1. The molecule has 0 spiro atoms. The number of pyridine rings is 1. The maximum absolute atomic E-state index is 14.8. The van der Waals surface area contributed by atoms with Gasteiger partial charge in [-0.1, -0.05) is 24.3 Å². The zero-order valence-corrected chi connectivity index (χ0v) is 11.8. The molecule has 3 nitrogen and oxygen atoms in total. The number of rotatable bonds is 7. The van der Waals surface area contributed by atoms with Crippen molar-refractivity contribution in [1.29, 1.82) is 0 Å². The number of aromatic nitrogens is 1. The van der Waals surface area contributed by atoms with Crippen molar-refractivity contribution in [2.24, 2.45) is 5.73 Å². The second kappa shape index (κ2) is 6.77. The maximum Gasteiger partial charge on any atom is 0.139 e. The first-order valence-corrected chi connectivity index (χ1v) is 6.89. The number of halogens is 1. The van der Waals surface area contributed by atoms with Crippen molar-refractivity contribution < 1.29 is 9.13 Å². The Hall–Kier alpha value is -1.52. The van der Waals surface area contributed by atoms with Crippen LogP contribution in [0, 0.1) is 0 Å². The zero-order chi connectivity index (χ0) is 14.4. The Labute approximate surface area is 119 Å². The summed E-state index contributed by atoms with van der Waals surface area (Å²) in [6, 6.07) is 11.7. The van der Waals surface area contributed by atoms with Gasteiger partial charge in [-0.15, -0.1) is 0 Å². The van der Waals surface area contributed by atoms with Crippen molar-refractivity contribution in [2.75, 3.05) is 20.3 Å². The zero-order valence-electron chi connectivity index (χ0n) is 11.8. The van der Waals surface area contributed by atoms with Crippen LogP contribution in [0.1, 0.15) is 18.5 Å². The minimum Gasteiger partial charge on any atom is -0.381 e. The van der Waals surface area contributed by atoms with Crippen LogP contribution in [0.25, 0.3) is 10.9 Å². The van der Waals surface area contributed by atoms with E-state index in [1.165, 1.54) is 7.11 Å². The lowest BCUT2D eigenvalue weighted by molar-refractivity contribution is 0.0328. The topological polar surface area (TPSA) is 48.1 Å². The highest BCUT2D eigenvalue weighted by Gasteiger charge is 2.30. The summed E-state index contributed by atoms with van der Waals surface area (Å²) in [6.45, 7) is 0.558. The fourth-order valence-corrected chi connectivity index (χ4v) is 2.42.